The summed E-state index contributed by atoms with van der Waals surface area (Å²) >= 11 is 5.83. The summed E-state index contributed by atoms with van der Waals surface area (Å²) in [7, 11) is 0. The molecule has 0 saturated heterocycles. The van der Waals surface area contributed by atoms with Crippen molar-refractivity contribution >= 4 is 17.5 Å². The summed E-state index contributed by atoms with van der Waals surface area (Å²) < 4.78 is 0. The fraction of sp³-hybridized carbons (Fsp3) is 0.562. The Morgan fingerprint density at radius 3 is 2.43 bits per heavy atom. The molecule has 1 amide bonds. The van der Waals surface area contributed by atoms with E-state index in [4.69, 9.17) is 16.7 Å². The number of amides is 1. The average Bonchev–Trinajstić information content (AvgIpc) is 2.48. The first-order valence-electron chi connectivity index (χ1n) is 7.46. The van der Waals surface area contributed by atoms with Crippen molar-refractivity contribution in [2.45, 2.75) is 39.3 Å². The third-order valence-electron chi connectivity index (χ3n) is 3.60. The number of nitrogens with zero attached hydrogens (tertiary/aromatic N) is 1. The van der Waals surface area contributed by atoms with Crippen LogP contribution in [0, 0.1) is 0 Å². The minimum absolute atomic E-state index is 0.0229. The van der Waals surface area contributed by atoms with Crippen LogP contribution in [0.25, 0.3) is 0 Å². The number of nitrogens with one attached hydrogen (secondary N) is 1. The van der Waals surface area contributed by atoms with E-state index in [2.05, 4.69) is 19.2 Å². The van der Waals surface area contributed by atoms with Crippen LogP contribution >= 0.6 is 11.6 Å². The van der Waals surface area contributed by atoms with Gasteiger partial charge >= 0.3 is 0 Å². The van der Waals surface area contributed by atoms with Crippen LogP contribution in [0.4, 0.5) is 0 Å². The lowest BCUT2D eigenvalue weighted by molar-refractivity contribution is -0.123. The summed E-state index contributed by atoms with van der Waals surface area (Å²) in [5, 5.41) is 12.7. The minimum atomic E-state index is -0.0229. The highest BCUT2D eigenvalue weighted by Crippen LogP contribution is 2.10. The SMILES string of the molecule is CCC(CC)N(CCO)CC(=O)NCc1ccc(Cl)cc1. The highest BCUT2D eigenvalue weighted by Gasteiger charge is 2.17. The van der Waals surface area contributed by atoms with E-state index in [-0.39, 0.29) is 12.5 Å². The molecule has 1 rings (SSSR count). The smallest absolute Gasteiger partial charge is 0.234 e. The molecule has 0 aromatic heterocycles. The van der Waals surface area contributed by atoms with Gasteiger partial charge in [-0.15, -0.1) is 0 Å². The van der Waals surface area contributed by atoms with E-state index in [0.29, 0.717) is 30.7 Å². The van der Waals surface area contributed by atoms with Crippen LogP contribution in [0.5, 0.6) is 0 Å². The molecule has 0 aliphatic rings. The molecular weight excluding hydrogens is 288 g/mol. The van der Waals surface area contributed by atoms with Gasteiger partial charge in [0.15, 0.2) is 0 Å². The maximum atomic E-state index is 12.0. The van der Waals surface area contributed by atoms with E-state index in [1.807, 2.05) is 29.2 Å². The molecule has 0 aliphatic carbocycles. The van der Waals surface area contributed by atoms with Crippen molar-refractivity contribution in [2.24, 2.45) is 0 Å². The van der Waals surface area contributed by atoms with Gasteiger partial charge in [-0.2, -0.15) is 0 Å². The first-order valence-corrected chi connectivity index (χ1v) is 7.84. The van der Waals surface area contributed by atoms with Gasteiger partial charge < -0.3 is 10.4 Å². The second-order valence-electron chi connectivity index (χ2n) is 5.07. The van der Waals surface area contributed by atoms with Gasteiger partial charge in [0.25, 0.3) is 0 Å². The lowest BCUT2D eigenvalue weighted by Crippen LogP contribution is -2.43. The van der Waals surface area contributed by atoms with Crippen molar-refractivity contribution in [2.75, 3.05) is 19.7 Å². The molecule has 0 aliphatic heterocycles. The fourth-order valence-corrected chi connectivity index (χ4v) is 2.49. The molecule has 2 N–H and O–H groups in total. The zero-order valence-electron chi connectivity index (χ0n) is 12.8. The van der Waals surface area contributed by atoms with Crippen molar-refractivity contribution in [1.29, 1.82) is 0 Å². The van der Waals surface area contributed by atoms with Crippen LogP contribution in [0.1, 0.15) is 32.3 Å². The maximum Gasteiger partial charge on any atom is 0.234 e. The fourth-order valence-electron chi connectivity index (χ4n) is 2.37. The Labute approximate surface area is 132 Å². The van der Waals surface area contributed by atoms with E-state index >= 15 is 0 Å². The largest absolute Gasteiger partial charge is 0.395 e. The molecule has 118 valence electrons. The molecule has 1 aromatic carbocycles. The molecule has 4 nitrogen and oxygen atoms in total. The summed E-state index contributed by atoms with van der Waals surface area (Å²) in [6.45, 7) is 5.61. The summed E-state index contributed by atoms with van der Waals surface area (Å²) in [6, 6.07) is 7.75. The van der Waals surface area contributed by atoms with Crippen molar-refractivity contribution in [3.8, 4) is 0 Å². The Bertz CT molecular complexity index is 419. The van der Waals surface area contributed by atoms with Gasteiger partial charge in [0, 0.05) is 24.2 Å². The van der Waals surface area contributed by atoms with Crippen LogP contribution in [0.2, 0.25) is 5.02 Å². The van der Waals surface area contributed by atoms with Gasteiger partial charge in [0.05, 0.1) is 13.2 Å². The molecule has 0 atom stereocenters. The molecule has 0 spiro atoms. The van der Waals surface area contributed by atoms with E-state index < -0.39 is 0 Å². The third-order valence-corrected chi connectivity index (χ3v) is 3.85. The zero-order chi connectivity index (χ0) is 15.7. The number of aliphatic hydroxyl groups excluding tert-OH is 1. The number of halogens is 1. The van der Waals surface area contributed by atoms with Crippen molar-refractivity contribution in [3.63, 3.8) is 0 Å². The first kappa shape index (κ1) is 18.0. The van der Waals surface area contributed by atoms with E-state index in [1.54, 1.807) is 0 Å². The number of carbonyl (C=O) groups is 1. The van der Waals surface area contributed by atoms with Crippen LogP contribution in [0.3, 0.4) is 0 Å². The summed E-state index contributed by atoms with van der Waals surface area (Å²) in [6.07, 6.45) is 1.95. The summed E-state index contributed by atoms with van der Waals surface area (Å²) in [5.41, 5.74) is 1.02. The van der Waals surface area contributed by atoms with E-state index in [0.717, 1.165) is 18.4 Å². The zero-order valence-corrected chi connectivity index (χ0v) is 13.6. The maximum absolute atomic E-state index is 12.0. The number of hydrogen-bond donors (Lipinski definition) is 2. The molecule has 5 heteroatoms. The van der Waals surface area contributed by atoms with Gasteiger partial charge in [-0.25, -0.2) is 0 Å². The van der Waals surface area contributed by atoms with E-state index in [9.17, 15) is 4.79 Å². The molecule has 0 radical (unpaired) electrons. The quantitative estimate of drug-likeness (QED) is 0.736. The second kappa shape index (κ2) is 9.77. The molecule has 21 heavy (non-hydrogen) atoms. The van der Waals surface area contributed by atoms with Crippen molar-refractivity contribution in [1.82, 2.24) is 10.2 Å². The summed E-state index contributed by atoms with van der Waals surface area (Å²) in [5.74, 6) is -0.0229. The standard InChI is InChI=1S/C16H25ClN2O2/c1-3-15(4-2)19(9-10-20)12-16(21)18-11-13-5-7-14(17)8-6-13/h5-8,15,20H,3-4,9-12H2,1-2H3,(H,18,21). The number of benzene rings is 1. The minimum Gasteiger partial charge on any atom is -0.395 e. The Kier molecular flexibility index (Phi) is 8.35. The highest BCUT2D eigenvalue weighted by atomic mass is 35.5. The number of carbonyl (C=O) groups excluding carboxylic acids is 1. The second-order valence-corrected chi connectivity index (χ2v) is 5.50. The van der Waals surface area contributed by atoms with Gasteiger partial charge in [-0.1, -0.05) is 37.6 Å². The van der Waals surface area contributed by atoms with Gasteiger partial charge in [-0.05, 0) is 30.5 Å². The van der Waals surface area contributed by atoms with Crippen LogP contribution in [-0.4, -0.2) is 41.7 Å². The van der Waals surface area contributed by atoms with Crippen LogP contribution in [-0.2, 0) is 11.3 Å². The first-order chi connectivity index (χ1) is 10.1. The predicted molar refractivity (Wildman–Crippen MR) is 86.3 cm³/mol. The Hall–Kier alpha value is -1.10. The monoisotopic (exact) mass is 312 g/mol. The van der Waals surface area contributed by atoms with Crippen LogP contribution < -0.4 is 5.32 Å². The lowest BCUT2D eigenvalue weighted by atomic mass is 10.1. The van der Waals surface area contributed by atoms with Crippen molar-refractivity contribution < 1.29 is 9.90 Å². The molecule has 0 saturated carbocycles. The average molecular weight is 313 g/mol. The Balaban J connectivity index is 2.47. The number of hydrogen-bond acceptors (Lipinski definition) is 3. The number of aliphatic hydroxyl groups is 1. The van der Waals surface area contributed by atoms with E-state index in [1.165, 1.54) is 0 Å². The van der Waals surface area contributed by atoms with Gasteiger partial charge in [0.1, 0.15) is 0 Å². The van der Waals surface area contributed by atoms with Crippen molar-refractivity contribution in [3.05, 3.63) is 34.9 Å². The van der Waals surface area contributed by atoms with Crippen LogP contribution in [0.15, 0.2) is 24.3 Å². The van der Waals surface area contributed by atoms with Gasteiger partial charge in [0.2, 0.25) is 5.91 Å². The van der Waals surface area contributed by atoms with Gasteiger partial charge in [-0.3, -0.25) is 9.69 Å². The number of rotatable bonds is 9. The molecular formula is C16H25ClN2O2. The normalized spacial score (nSPS) is 11.1. The molecule has 0 bridgehead atoms. The molecule has 0 fully saturated rings. The summed E-state index contributed by atoms with van der Waals surface area (Å²) in [4.78, 5) is 14.1. The Morgan fingerprint density at radius 2 is 1.90 bits per heavy atom. The molecule has 0 heterocycles. The predicted octanol–water partition coefficient (Wildman–Crippen LogP) is 2.44. The lowest BCUT2D eigenvalue weighted by Gasteiger charge is -2.29. The highest BCUT2D eigenvalue weighted by molar-refractivity contribution is 6.30. The third kappa shape index (κ3) is 6.46. The Morgan fingerprint density at radius 1 is 1.29 bits per heavy atom. The molecule has 1 aromatic rings. The molecule has 0 unspecified atom stereocenters. The topological polar surface area (TPSA) is 52.6 Å².